The minimum Gasteiger partial charge on any atom is -0.357 e. The zero-order chi connectivity index (χ0) is 12.7. The molecule has 2 bridgehead atoms. The summed E-state index contributed by atoms with van der Waals surface area (Å²) in [6.07, 6.45) is 4.68. The molecule has 1 heteroatoms. The summed E-state index contributed by atoms with van der Waals surface area (Å²) in [5.41, 5.74) is 5.12. The standard InChI is InChI=1S/C18H14O/c1-3-7-13(8-4-1)16-11-15-12-17(18(16)19-15)14-9-5-2-6-10-14/h1-12,15,18H. The van der Waals surface area contributed by atoms with Crippen LogP contribution in [0.25, 0.3) is 11.1 Å². The van der Waals surface area contributed by atoms with E-state index in [1.54, 1.807) is 0 Å². The van der Waals surface area contributed by atoms with Gasteiger partial charge in [0, 0.05) is 0 Å². The molecule has 0 fully saturated rings. The first-order valence-electron chi connectivity index (χ1n) is 6.61. The Kier molecular flexibility index (Phi) is 2.39. The lowest BCUT2D eigenvalue weighted by Crippen LogP contribution is -2.08. The van der Waals surface area contributed by atoms with Crippen molar-refractivity contribution in [1.29, 1.82) is 0 Å². The Bertz CT molecular complexity index is 595. The van der Waals surface area contributed by atoms with Crippen LogP contribution in [0.15, 0.2) is 72.8 Å². The molecule has 2 aromatic rings. The van der Waals surface area contributed by atoms with Crippen molar-refractivity contribution in [1.82, 2.24) is 0 Å². The van der Waals surface area contributed by atoms with Gasteiger partial charge in [-0.1, -0.05) is 60.7 Å². The van der Waals surface area contributed by atoms with Crippen LogP contribution in [0, 0.1) is 0 Å². The van der Waals surface area contributed by atoms with E-state index in [1.807, 2.05) is 12.1 Å². The van der Waals surface area contributed by atoms with Gasteiger partial charge in [-0.2, -0.15) is 0 Å². The van der Waals surface area contributed by atoms with Crippen LogP contribution in [0.3, 0.4) is 0 Å². The van der Waals surface area contributed by atoms with Crippen molar-refractivity contribution in [2.75, 3.05) is 0 Å². The van der Waals surface area contributed by atoms with Gasteiger partial charge in [-0.25, -0.2) is 0 Å². The predicted molar refractivity (Wildman–Crippen MR) is 77.5 cm³/mol. The molecule has 19 heavy (non-hydrogen) atoms. The average Bonchev–Trinajstić information content (AvgIpc) is 3.09. The molecule has 0 N–H and O–H groups in total. The molecule has 0 unspecified atom stereocenters. The predicted octanol–water partition coefficient (Wildman–Crippen LogP) is 3.93. The molecular formula is C18H14O. The average molecular weight is 246 g/mol. The van der Waals surface area contributed by atoms with Crippen LogP contribution in [0.1, 0.15) is 11.1 Å². The van der Waals surface area contributed by atoms with E-state index in [0.29, 0.717) is 0 Å². The first-order valence-corrected chi connectivity index (χ1v) is 6.61. The Morgan fingerprint density at radius 2 is 1.11 bits per heavy atom. The maximum absolute atomic E-state index is 6.02. The molecule has 0 aromatic heterocycles. The number of rotatable bonds is 2. The normalized spacial score (nSPS) is 24.2. The Morgan fingerprint density at radius 1 is 0.632 bits per heavy atom. The fourth-order valence-corrected chi connectivity index (χ4v) is 2.88. The summed E-state index contributed by atoms with van der Waals surface area (Å²) in [5, 5.41) is 0. The third kappa shape index (κ3) is 1.74. The van der Waals surface area contributed by atoms with Gasteiger partial charge < -0.3 is 4.74 Å². The van der Waals surface area contributed by atoms with Crippen LogP contribution in [0.2, 0.25) is 0 Å². The molecule has 2 aliphatic heterocycles. The number of benzene rings is 2. The zero-order valence-electron chi connectivity index (χ0n) is 10.5. The second-order valence-electron chi connectivity index (χ2n) is 4.96. The summed E-state index contributed by atoms with van der Waals surface area (Å²) in [7, 11) is 0. The molecule has 2 aliphatic rings. The summed E-state index contributed by atoms with van der Waals surface area (Å²) in [4.78, 5) is 0. The molecule has 92 valence electrons. The quantitative estimate of drug-likeness (QED) is 0.780. The highest BCUT2D eigenvalue weighted by Crippen LogP contribution is 2.42. The topological polar surface area (TPSA) is 9.23 Å². The lowest BCUT2D eigenvalue weighted by molar-refractivity contribution is 0.143. The number of hydrogen-bond acceptors (Lipinski definition) is 1. The molecule has 0 spiro atoms. The van der Waals surface area contributed by atoms with E-state index < -0.39 is 0 Å². The maximum Gasteiger partial charge on any atom is 0.110 e. The van der Waals surface area contributed by atoms with Crippen molar-refractivity contribution in [2.45, 2.75) is 12.2 Å². The van der Waals surface area contributed by atoms with Crippen molar-refractivity contribution < 1.29 is 4.74 Å². The van der Waals surface area contributed by atoms with E-state index >= 15 is 0 Å². The van der Waals surface area contributed by atoms with Gasteiger partial charge in [-0.05, 0) is 34.4 Å². The van der Waals surface area contributed by atoms with E-state index in [2.05, 4.69) is 60.7 Å². The molecule has 4 rings (SSSR count). The minimum absolute atomic E-state index is 0.0924. The van der Waals surface area contributed by atoms with Gasteiger partial charge in [0.2, 0.25) is 0 Å². The SMILES string of the molecule is C1=C(c2ccccc2)C2OC1C=C2c1ccccc1. The van der Waals surface area contributed by atoms with Gasteiger partial charge in [0.15, 0.2) is 0 Å². The molecule has 0 radical (unpaired) electrons. The molecule has 1 nitrogen and oxygen atoms in total. The van der Waals surface area contributed by atoms with Crippen LogP contribution in [0.4, 0.5) is 0 Å². The number of ether oxygens (including phenoxy) is 1. The third-order valence-corrected chi connectivity index (χ3v) is 3.76. The first-order chi connectivity index (χ1) is 9.42. The Morgan fingerprint density at radius 3 is 1.53 bits per heavy atom. The van der Waals surface area contributed by atoms with Gasteiger partial charge in [0.05, 0.1) is 6.10 Å². The van der Waals surface area contributed by atoms with Crippen molar-refractivity contribution >= 4 is 11.1 Å². The van der Waals surface area contributed by atoms with Gasteiger partial charge >= 0.3 is 0 Å². The summed E-state index contributed by atoms with van der Waals surface area (Å²) < 4.78 is 6.02. The van der Waals surface area contributed by atoms with E-state index in [9.17, 15) is 0 Å². The maximum atomic E-state index is 6.02. The van der Waals surface area contributed by atoms with E-state index in [1.165, 1.54) is 22.3 Å². The van der Waals surface area contributed by atoms with Crippen LogP contribution in [-0.4, -0.2) is 12.2 Å². The summed E-state index contributed by atoms with van der Waals surface area (Å²) in [6, 6.07) is 21.0. The molecule has 2 aromatic carbocycles. The van der Waals surface area contributed by atoms with Crippen molar-refractivity contribution in [2.24, 2.45) is 0 Å². The highest BCUT2D eigenvalue weighted by Gasteiger charge is 2.36. The van der Waals surface area contributed by atoms with Crippen LogP contribution in [-0.2, 0) is 4.74 Å². The molecule has 0 amide bonds. The lowest BCUT2D eigenvalue weighted by Gasteiger charge is -2.16. The van der Waals surface area contributed by atoms with Crippen molar-refractivity contribution in [3.63, 3.8) is 0 Å². The van der Waals surface area contributed by atoms with Crippen LogP contribution in [0.5, 0.6) is 0 Å². The number of hydrogen-bond donors (Lipinski definition) is 0. The van der Waals surface area contributed by atoms with E-state index in [-0.39, 0.29) is 12.2 Å². The zero-order valence-corrected chi connectivity index (χ0v) is 10.5. The monoisotopic (exact) mass is 246 g/mol. The first kappa shape index (κ1) is 10.8. The molecule has 0 saturated carbocycles. The van der Waals surface area contributed by atoms with Crippen molar-refractivity contribution in [3.05, 3.63) is 83.9 Å². The second kappa shape index (κ2) is 4.22. The molecule has 0 atom stereocenters. The van der Waals surface area contributed by atoms with E-state index in [0.717, 1.165) is 0 Å². The van der Waals surface area contributed by atoms with E-state index in [4.69, 9.17) is 4.74 Å². The Labute approximate surface area is 112 Å². The molecule has 0 aliphatic carbocycles. The molecule has 0 saturated heterocycles. The fraction of sp³-hybridized carbons (Fsp3) is 0.111. The Hall–Kier alpha value is -2.12. The van der Waals surface area contributed by atoms with Gasteiger partial charge in [0.25, 0.3) is 0 Å². The summed E-state index contributed by atoms with van der Waals surface area (Å²) in [6.45, 7) is 0. The Balaban J connectivity index is 1.72. The number of fused-ring (bicyclic) bond motifs is 2. The minimum atomic E-state index is 0.0924. The summed E-state index contributed by atoms with van der Waals surface area (Å²) in [5.74, 6) is 0. The van der Waals surface area contributed by atoms with Gasteiger partial charge in [-0.15, -0.1) is 0 Å². The molecule has 2 heterocycles. The lowest BCUT2D eigenvalue weighted by atomic mass is 9.89. The summed E-state index contributed by atoms with van der Waals surface area (Å²) >= 11 is 0. The van der Waals surface area contributed by atoms with Crippen LogP contribution >= 0.6 is 0 Å². The molecular weight excluding hydrogens is 232 g/mol. The third-order valence-electron chi connectivity index (χ3n) is 3.76. The van der Waals surface area contributed by atoms with Gasteiger partial charge in [-0.3, -0.25) is 0 Å². The van der Waals surface area contributed by atoms with Crippen LogP contribution < -0.4 is 0 Å². The fourth-order valence-electron chi connectivity index (χ4n) is 2.88. The largest absolute Gasteiger partial charge is 0.357 e. The van der Waals surface area contributed by atoms with Gasteiger partial charge in [0.1, 0.15) is 6.10 Å². The second-order valence-corrected chi connectivity index (χ2v) is 4.96. The smallest absolute Gasteiger partial charge is 0.110 e. The van der Waals surface area contributed by atoms with Crippen molar-refractivity contribution in [3.8, 4) is 0 Å². The highest BCUT2D eigenvalue weighted by molar-refractivity contribution is 5.90. The highest BCUT2D eigenvalue weighted by atomic mass is 16.5.